The molecule has 3 heterocycles. The minimum atomic E-state index is -1.07. The van der Waals surface area contributed by atoms with Gasteiger partial charge in [-0.15, -0.1) is 0 Å². The molecule has 3 aromatic rings. The van der Waals surface area contributed by atoms with Gasteiger partial charge >= 0.3 is 0 Å². The number of aryl methyl sites for hydroxylation is 1. The largest absolute Gasteiger partial charge is 0.284 e. The molecule has 0 aliphatic carbocycles. The van der Waals surface area contributed by atoms with E-state index in [1.807, 2.05) is 29.7 Å². The Morgan fingerprint density at radius 1 is 1.29 bits per heavy atom. The first-order valence-electron chi connectivity index (χ1n) is 5.23. The summed E-state index contributed by atoms with van der Waals surface area (Å²) in [5, 5.41) is 1.62. The SMILES string of the molecule is Cc1cc2ccc(S(C)=O)nc2n2ccnc12. The molecule has 0 spiro atoms. The monoisotopic (exact) mass is 245 g/mol. The molecule has 0 aromatic carbocycles. The highest BCUT2D eigenvalue weighted by Gasteiger charge is 2.07. The van der Waals surface area contributed by atoms with Gasteiger partial charge in [0.2, 0.25) is 0 Å². The third kappa shape index (κ3) is 1.54. The highest BCUT2D eigenvalue weighted by atomic mass is 32.2. The van der Waals surface area contributed by atoms with Crippen molar-refractivity contribution in [1.29, 1.82) is 0 Å². The quantitative estimate of drug-likeness (QED) is 0.658. The molecule has 0 saturated carbocycles. The van der Waals surface area contributed by atoms with Crippen LogP contribution in [0.3, 0.4) is 0 Å². The molecule has 0 amide bonds. The van der Waals surface area contributed by atoms with E-state index in [9.17, 15) is 4.21 Å². The van der Waals surface area contributed by atoms with E-state index in [0.717, 1.165) is 22.2 Å². The summed E-state index contributed by atoms with van der Waals surface area (Å²) < 4.78 is 13.4. The molecular formula is C12H11N3OS. The molecule has 1 unspecified atom stereocenters. The van der Waals surface area contributed by atoms with Crippen LogP contribution >= 0.6 is 0 Å². The van der Waals surface area contributed by atoms with Crippen LogP contribution in [0.25, 0.3) is 16.7 Å². The Morgan fingerprint density at radius 3 is 2.88 bits per heavy atom. The van der Waals surface area contributed by atoms with Crippen LogP contribution < -0.4 is 0 Å². The van der Waals surface area contributed by atoms with Crippen molar-refractivity contribution in [3.8, 4) is 0 Å². The maximum Gasteiger partial charge on any atom is 0.147 e. The van der Waals surface area contributed by atoms with E-state index < -0.39 is 10.8 Å². The van der Waals surface area contributed by atoms with Gasteiger partial charge in [-0.3, -0.25) is 8.61 Å². The molecule has 0 aliphatic rings. The normalized spacial score (nSPS) is 13.3. The Labute approximate surface area is 101 Å². The van der Waals surface area contributed by atoms with Gasteiger partial charge in [0.1, 0.15) is 16.3 Å². The number of aromatic nitrogens is 3. The topological polar surface area (TPSA) is 47.3 Å². The first kappa shape index (κ1) is 10.4. The minimum Gasteiger partial charge on any atom is -0.284 e. The molecule has 3 rings (SSSR count). The van der Waals surface area contributed by atoms with Crippen LogP contribution in [0.4, 0.5) is 0 Å². The molecule has 0 bridgehead atoms. The lowest BCUT2D eigenvalue weighted by molar-refractivity contribution is 0.684. The lowest BCUT2D eigenvalue weighted by Crippen LogP contribution is -1.98. The Bertz CT molecular complexity index is 748. The van der Waals surface area contributed by atoms with Gasteiger partial charge in [0.05, 0.1) is 10.8 Å². The maximum atomic E-state index is 11.5. The second kappa shape index (κ2) is 3.63. The van der Waals surface area contributed by atoms with Gasteiger partial charge in [-0.2, -0.15) is 0 Å². The standard InChI is InChI=1S/C12H11N3OS/c1-8-7-9-3-4-10(17(2)16)14-12(9)15-6-5-13-11(8)15/h3-7H,1-2H3. The van der Waals surface area contributed by atoms with E-state index in [2.05, 4.69) is 9.97 Å². The van der Waals surface area contributed by atoms with Crippen molar-refractivity contribution in [2.24, 2.45) is 0 Å². The molecule has 0 N–H and O–H groups in total. The Kier molecular flexibility index (Phi) is 2.22. The smallest absolute Gasteiger partial charge is 0.147 e. The fourth-order valence-electron chi connectivity index (χ4n) is 1.97. The van der Waals surface area contributed by atoms with Crippen LogP contribution in [0, 0.1) is 6.92 Å². The fraction of sp³-hybridized carbons (Fsp3) is 0.167. The number of nitrogens with zero attached hydrogens (tertiary/aromatic N) is 3. The van der Waals surface area contributed by atoms with Crippen molar-refractivity contribution >= 4 is 27.5 Å². The Hall–Kier alpha value is -1.75. The number of imidazole rings is 1. The van der Waals surface area contributed by atoms with E-state index >= 15 is 0 Å². The molecule has 3 aromatic heterocycles. The highest BCUT2D eigenvalue weighted by Crippen LogP contribution is 2.19. The van der Waals surface area contributed by atoms with E-state index in [1.165, 1.54) is 0 Å². The lowest BCUT2D eigenvalue weighted by Gasteiger charge is -2.05. The van der Waals surface area contributed by atoms with E-state index in [0.29, 0.717) is 5.03 Å². The van der Waals surface area contributed by atoms with E-state index in [4.69, 9.17) is 0 Å². The van der Waals surface area contributed by atoms with Crippen LogP contribution in [0.1, 0.15) is 5.56 Å². The molecule has 0 radical (unpaired) electrons. The molecule has 0 saturated heterocycles. The van der Waals surface area contributed by atoms with Gasteiger partial charge in [-0.05, 0) is 30.7 Å². The van der Waals surface area contributed by atoms with Gasteiger partial charge in [0, 0.05) is 24.0 Å². The molecule has 5 heteroatoms. The molecule has 4 nitrogen and oxygen atoms in total. The molecule has 1 atom stereocenters. The minimum absolute atomic E-state index is 0.594. The molecule has 0 fully saturated rings. The zero-order chi connectivity index (χ0) is 12.0. The van der Waals surface area contributed by atoms with Crippen LogP contribution in [0.5, 0.6) is 0 Å². The average Bonchev–Trinajstić information content (AvgIpc) is 2.78. The second-order valence-corrected chi connectivity index (χ2v) is 5.29. The molecule has 0 aliphatic heterocycles. The summed E-state index contributed by atoms with van der Waals surface area (Å²) in [5.41, 5.74) is 2.80. The number of rotatable bonds is 1. The lowest BCUT2D eigenvalue weighted by atomic mass is 10.2. The fourth-order valence-corrected chi connectivity index (χ4v) is 2.45. The van der Waals surface area contributed by atoms with Crippen LogP contribution in [0.2, 0.25) is 0 Å². The third-order valence-corrected chi connectivity index (χ3v) is 3.58. The van der Waals surface area contributed by atoms with Crippen molar-refractivity contribution in [2.75, 3.05) is 6.26 Å². The Balaban J connectivity index is 2.48. The molecule has 17 heavy (non-hydrogen) atoms. The average molecular weight is 245 g/mol. The summed E-state index contributed by atoms with van der Waals surface area (Å²) in [5.74, 6) is 0. The first-order chi connectivity index (χ1) is 8.16. The van der Waals surface area contributed by atoms with Crippen LogP contribution in [0.15, 0.2) is 35.6 Å². The zero-order valence-electron chi connectivity index (χ0n) is 9.54. The summed E-state index contributed by atoms with van der Waals surface area (Å²) in [6, 6.07) is 5.80. The summed E-state index contributed by atoms with van der Waals surface area (Å²) in [7, 11) is -1.07. The van der Waals surface area contributed by atoms with Crippen molar-refractivity contribution in [3.05, 3.63) is 36.2 Å². The van der Waals surface area contributed by atoms with Crippen LogP contribution in [-0.2, 0) is 10.8 Å². The molecular weight excluding hydrogens is 234 g/mol. The van der Waals surface area contributed by atoms with Gasteiger partial charge in [0.25, 0.3) is 0 Å². The summed E-state index contributed by atoms with van der Waals surface area (Å²) in [4.78, 5) is 8.73. The maximum absolute atomic E-state index is 11.5. The van der Waals surface area contributed by atoms with Crippen molar-refractivity contribution in [2.45, 2.75) is 11.9 Å². The predicted octanol–water partition coefficient (Wildman–Crippen LogP) is 1.93. The van der Waals surface area contributed by atoms with Gasteiger partial charge in [0.15, 0.2) is 0 Å². The Morgan fingerprint density at radius 2 is 2.12 bits per heavy atom. The zero-order valence-corrected chi connectivity index (χ0v) is 10.4. The van der Waals surface area contributed by atoms with Crippen molar-refractivity contribution in [1.82, 2.24) is 14.4 Å². The van der Waals surface area contributed by atoms with Gasteiger partial charge in [-0.1, -0.05) is 0 Å². The number of hydrogen-bond donors (Lipinski definition) is 0. The summed E-state index contributed by atoms with van der Waals surface area (Å²) >= 11 is 0. The third-order valence-electron chi connectivity index (χ3n) is 2.77. The summed E-state index contributed by atoms with van der Waals surface area (Å²) in [6.45, 7) is 2.02. The second-order valence-electron chi connectivity index (χ2n) is 3.96. The summed E-state index contributed by atoms with van der Waals surface area (Å²) in [6.07, 6.45) is 5.26. The van der Waals surface area contributed by atoms with Crippen molar-refractivity contribution < 1.29 is 4.21 Å². The number of fused-ring (bicyclic) bond motifs is 3. The molecule has 86 valence electrons. The highest BCUT2D eigenvalue weighted by molar-refractivity contribution is 7.84. The van der Waals surface area contributed by atoms with Crippen molar-refractivity contribution in [3.63, 3.8) is 0 Å². The van der Waals surface area contributed by atoms with E-state index in [-0.39, 0.29) is 0 Å². The van der Waals surface area contributed by atoms with Gasteiger partial charge < -0.3 is 0 Å². The van der Waals surface area contributed by atoms with E-state index in [1.54, 1.807) is 18.5 Å². The number of pyridine rings is 2. The van der Waals surface area contributed by atoms with Gasteiger partial charge in [-0.25, -0.2) is 9.97 Å². The van der Waals surface area contributed by atoms with Crippen LogP contribution in [-0.4, -0.2) is 24.8 Å². The first-order valence-corrected chi connectivity index (χ1v) is 6.79. The number of hydrogen-bond acceptors (Lipinski definition) is 3. The predicted molar refractivity (Wildman–Crippen MR) is 67.6 cm³/mol.